The van der Waals surface area contributed by atoms with Crippen molar-refractivity contribution in [3.05, 3.63) is 54.1 Å². The van der Waals surface area contributed by atoms with Crippen molar-refractivity contribution in [2.75, 3.05) is 10.6 Å². The van der Waals surface area contributed by atoms with Gasteiger partial charge in [0, 0.05) is 23.4 Å². The largest absolute Gasteiger partial charge is 0.491 e. The van der Waals surface area contributed by atoms with Crippen molar-refractivity contribution < 1.29 is 14.3 Å². The van der Waals surface area contributed by atoms with Crippen molar-refractivity contribution in [3.8, 4) is 5.75 Å². The van der Waals surface area contributed by atoms with Crippen LogP contribution in [0.2, 0.25) is 0 Å². The quantitative estimate of drug-likeness (QED) is 0.782. The molecule has 0 fully saturated rings. The predicted octanol–water partition coefficient (Wildman–Crippen LogP) is 4.46. The Labute approximate surface area is 148 Å². The van der Waals surface area contributed by atoms with Crippen LogP contribution in [0.4, 0.5) is 11.4 Å². The maximum atomic E-state index is 12.4. The number of amides is 2. The van der Waals surface area contributed by atoms with Crippen molar-refractivity contribution in [2.45, 2.75) is 39.7 Å². The van der Waals surface area contributed by atoms with Crippen LogP contribution >= 0.6 is 0 Å². The van der Waals surface area contributed by atoms with Crippen molar-refractivity contribution in [3.63, 3.8) is 0 Å². The molecule has 0 spiro atoms. The van der Waals surface area contributed by atoms with Crippen molar-refractivity contribution in [1.29, 1.82) is 0 Å². The third-order valence-electron chi connectivity index (χ3n) is 3.76. The topological polar surface area (TPSA) is 67.4 Å². The number of benzene rings is 2. The molecule has 132 valence electrons. The third kappa shape index (κ3) is 5.64. The van der Waals surface area contributed by atoms with Gasteiger partial charge in [0.1, 0.15) is 5.75 Å². The summed E-state index contributed by atoms with van der Waals surface area (Å²) in [5, 5.41) is 5.61. The fourth-order valence-corrected chi connectivity index (χ4v) is 2.12. The van der Waals surface area contributed by atoms with Gasteiger partial charge < -0.3 is 15.4 Å². The van der Waals surface area contributed by atoms with E-state index in [1.165, 1.54) is 0 Å². The average molecular weight is 340 g/mol. The number of rotatable bonds is 7. The molecule has 25 heavy (non-hydrogen) atoms. The van der Waals surface area contributed by atoms with Crippen LogP contribution in [0, 0.1) is 0 Å². The van der Waals surface area contributed by atoms with E-state index in [1.54, 1.807) is 49.4 Å². The molecule has 0 aromatic heterocycles. The molecule has 0 bridgehead atoms. The fraction of sp³-hybridized carbons (Fsp3) is 0.300. The van der Waals surface area contributed by atoms with Crippen molar-refractivity contribution in [1.82, 2.24) is 0 Å². The van der Waals surface area contributed by atoms with Gasteiger partial charge in [-0.05, 0) is 55.8 Å². The monoisotopic (exact) mass is 340 g/mol. The second kappa shape index (κ2) is 8.87. The van der Waals surface area contributed by atoms with Gasteiger partial charge in [0.15, 0.2) is 0 Å². The van der Waals surface area contributed by atoms with Gasteiger partial charge in [-0.3, -0.25) is 9.59 Å². The molecule has 0 radical (unpaired) electrons. The van der Waals surface area contributed by atoms with Crippen LogP contribution in [0.15, 0.2) is 48.5 Å². The Kier molecular flexibility index (Phi) is 6.57. The van der Waals surface area contributed by atoms with E-state index in [1.807, 2.05) is 19.9 Å². The molecule has 1 atom stereocenters. The zero-order chi connectivity index (χ0) is 18.2. The highest BCUT2D eigenvalue weighted by molar-refractivity contribution is 6.04. The predicted molar refractivity (Wildman–Crippen MR) is 100 cm³/mol. The van der Waals surface area contributed by atoms with E-state index in [-0.39, 0.29) is 17.9 Å². The first-order chi connectivity index (χ1) is 12.0. The molecule has 5 nitrogen and oxygen atoms in total. The average Bonchev–Trinajstić information content (AvgIpc) is 2.63. The lowest BCUT2D eigenvalue weighted by Gasteiger charge is -2.13. The molecule has 2 amide bonds. The number of carbonyl (C=O) groups is 2. The van der Waals surface area contributed by atoms with E-state index in [4.69, 9.17) is 4.74 Å². The standard InChI is InChI=1S/C20H24N2O3/c1-4-14(3)25-18-8-6-7-15(13-18)20(24)22-17-11-9-16(10-12-17)21-19(23)5-2/h6-14H,4-5H2,1-3H3,(H,21,23)(H,22,24)/t14-/m1/s1. The van der Waals surface area contributed by atoms with Gasteiger partial charge in [0.25, 0.3) is 5.91 Å². The van der Waals surface area contributed by atoms with Crippen LogP contribution in [0.3, 0.4) is 0 Å². The molecule has 0 unspecified atom stereocenters. The Bertz CT molecular complexity index is 726. The molecule has 0 heterocycles. The minimum absolute atomic E-state index is 0.0464. The highest BCUT2D eigenvalue weighted by Crippen LogP contribution is 2.18. The zero-order valence-corrected chi connectivity index (χ0v) is 14.8. The molecule has 2 N–H and O–H groups in total. The molecule has 5 heteroatoms. The summed E-state index contributed by atoms with van der Waals surface area (Å²) in [6, 6.07) is 14.1. The van der Waals surface area contributed by atoms with Crippen molar-refractivity contribution >= 4 is 23.2 Å². The van der Waals surface area contributed by atoms with Crippen LogP contribution in [0.25, 0.3) is 0 Å². The molecular formula is C20H24N2O3. The van der Waals surface area contributed by atoms with Gasteiger partial charge >= 0.3 is 0 Å². The van der Waals surface area contributed by atoms with Crippen LogP contribution in [0.5, 0.6) is 5.75 Å². The third-order valence-corrected chi connectivity index (χ3v) is 3.76. The number of ether oxygens (including phenoxy) is 1. The number of hydrogen-bond acceptors (Lipinski definition) is 3. The van der Waals surface area contributed by atoms with Gasteiger partial charge in [-0.15, -0.1) is 0 Å². The lowest BCUT2D eigenvalue weighted by molar-refractivity contribution is -0.115. The molecule has 0 saturated heterocycles. The number of anilines is 2. The fourth-order valence-electron chi connectivity index (χ4n) is 2.12. The SMILES string of the molecule is CCC(=O)Nc1ccc(NC(=O)c2cccc(O[C@H](C)CC)c2)cc1. The molecule has 0 aliphatic rings. The Hall–Kier alpha value is -2.82. The summed E-state index contributed by atoms with van der Waals surface area (Å²) >= 11 is 0. The van der Waals surface area contributed by atoms with Crippen molar-refractivity contribution in [2.24, 2.45) is 0 Å². The molecule has 0 saturated carbocycles. The summed E-state index contributed by atoms with van der Waals surface area (Å²) in [4.78, 5) is 23.8. The Balaban J connectivity index is 2.02. The maximum Gasteiger partial charge on any atom is 0.255 e. The minimum atomic E-state index is -0.208. The van der Waals surface area contributed by atoms with Gasteiger partial charge in [-0.2, -0.15) is 0 Å². The number of carbonyl (C=O) groups excluding carboxylic acids is 2. The summed E-state index contributed by atoms with van der Waals surface area (Å²) in [5.41, 5.74) is 1.89. The first kappa shape index (κ1) is 18.5. The highest BCUT2D eigenvalue weighted by Gasteiger charge is 2.09. The number of hydrogen-bond donors (Lipinski definition) is 2. The minimum Gasteiger partial charge on any atom is -0.491 e. The zero-order valence-electron chi connectivity index (χ0n) is 14.8. The molecule has 2 rings (SSSR count). The molecule has 0 aliphatic heterocycles. The lowest BCUT2D eigenvalue weighted by Crippen LogP contribution is -2.14. The van der Waals surface area contributed by atoms with E-state index >= 15 is 0 Å². The van der Waals surface area contributed by atoms with Crippen LogP contribution < -0.4 is 15.4 Å². The summed E-state index contributed by atoms with van der Waals surface area (Å²) in [6.45, 7) is 5.84. The molecule has 2 aromatic rings. The smallest absolute Gasteiger partial charge is 0.255 e. The van der Waals surface area contributed by atoms with Crippen LogP contribution in [-0.4, -0.2) is 17.9 Å². The highest BCUT2D eigenvalue weighted by atomic mass is 16.5. The normalized spacial score (nSPS) is 11.5. The maximum absolute atomic E-state index is 12.4. The van der Waals surface area contributed by atoms with Gasteiger partial charge in [-0.1, -0.05) is 19.9 Å². The second-order valence-corrected chi connectivity index (χ2v) is 5.80. The Morgan fingerprint density at radius 1 is 1.00 bits per heavy atom. The summed E-state index contributed by atoms with van der Waals surface area (Å²) in [6.07, 6.45) is 1.43. The summed E-state index contributed by atoms with van der Waals surface area (Å²) in [5.74, 6) is 0.425. The van der Waals surface area contributed by atoms with Gasteiger partial charge in [-0.25, -0.2) is 0 Å². The molecule has 0 aliphatic carbocycles. The summed E-state index contributed by atoms with van der Waals surface area (Å²) in [7, 11) is 0. The van der Waals surface area contributed by atoms with Gasteiger partial charge in [0.2, 0.25) is 5.91 Å². The second-order valence-electron chi connectivity index (χ2n) is 5.80. The van der Waals surface area contributed by atoms with E-state index in [0.29, 0.717) is 29.1 Å². The van der Waals surface area contributed by atoms with Crippen LogP contribution in [0.1, 0.15) is 44.0 Å². The van der Waals surface area contributed by atoms with Gasteiger partial charge in [0.05, 0.1) is 6.10 Å². The first-order valence-corrected chi connectivity index (χ1v) is 8.49. The van der Waals surface area contributed by atoms with E-state index < -0.39 is 0 Å². The molecule has 2 aromatic carbocycles. The number of nitrogens with one attached hydrogen (secondary N) is 2. The summed E-state index contributed by atoms with van der Waals surface area (Å²) < 4.78 is 5.75. The van der Waals surface area contributed by atoms with E-state index in [0.717, 1.165) is 6.42 Å². The first-order valence-electron chi connectivity index (χ1n) is 8.49. The van der Waals surface area contributed by atoms with E-state index in [9.17, 15) is 9.59 Å². The Morgan fingerprint density at radius 2 is 1.64 bits per heavy atom. The molecular weight excluding hydrogens is 316 g/mol. The van der Waals surface area contributed by atoms with Crippen LogP contribution in [-0.2, 0) is 4.79 Å². The Morgan fingerprint density at radius 3 is 2.24 bits per heavy atom. The lowest BCUT2D eigenvalue weighted by atomic mass is 10.2. The van der Waals surface area contributed by atoms with E-state index in [2.05, 4.69) is 10.6 Å².